The van der Waals surface area contributed by atoms with Crippen LogP contribution in [0.2, 0.25) is 0 Å². The van der Waals surface area contributed by atoms with Gasteiger partial charge in [0.15, 0.2) is 0 Å². The van der Waals surface area contributed by atoms with E-state index in [-0.39, 0.29) is 0 Å². The van der Waals surface area contributed by atoms with Crippen molar-refractivity contribution >= 4 is 27.4 Å². The monoisotopic (exact) mass is 351 g/mol. The molecule has 0 saturated carbocycles. The van der Waals surface area contributed by atoms with E-state index in [0.717, 1.165) is 40.6 Å². The van der Waals surface area contributed by atoms with Crippen LogP contribution >= 0.6 is 15.9 Å². The Morgan fingerprint density at radius 3 is 2.24 bits per heavy atom. The van der Waals surface area contributed by atoms with Crippen LogP contribution in [0.25, 0.3) is 0 Å². The molecule has 2 N–H and O–H groups in total. The SMILES string of the molecule is COc1cc(NCCNc2ccc(Br)cn2)cc(OC)c1. The van der Waals surface area contributed by atoms with Crippen LogP contribution in [0.15, 0.2) is 41.0 Å². The summed E-state index contributed by atoms with van der Waals surface area (Å²) in [5.74, 6) is 2.38. The molecule has 0 fully saturated rings. The maximum absolute atomic E-state index is 5.23. The van der Waals surface area contributed by atoms with E-state index in [0.29, 0.717) is 0 Å². The smallest absolute Gasteiger partial charge is 0.126 e. The van der Waals surface area contributed by atoms with E-state index in [1.807, 2.05) is 30.3 Å². The van der Waals surface area contributed by atoms with Crippen molar-refractivity contribution < 1.29 is 9.47 Å². The molecule has 0 aliphatic heterocycles. The average Bonchev–Trinajstić information content (AvgIpc) is 2.53. The van der Waals surface area contributed by atoms with Crippen LogP contribution in [0.1, 0.15) is 0 Å². The van der Waals surface area contributed by atoms with Gasteiger partial charge in [-0.25, -0.2) is 4.98 Å². The molecule has 0 saturated heterocycles. The maximum atomic E-state index is 5.23. The fourth-order valence-corrected chi connectivity index (χ4v) is 2.02. The van der Waals surface area contributed by atoms with Crippen LogP contribution < -0.4 is 20.1 Å². The Morgan fingerprint density at radius 2 is 1.67 bits per heavy atom. The second-order valence-electron chi connectivity index (χ2n) is 4.32. The molecule has 0 spiro atoms. The molecule has 0 radical (unpaired) electrons. The molecule has 0 bridgehead atoms. The highest BCUT2D eigenvalue weighted by atomic mass is 79.9. The first-order valence-electron chi connectivity index (χ1n) is 6.53. The van der Waals surface area contributed by atoms with Crippen LogP contribution in [0.4, 0.5) is 11.5 Å². The van der Waals surface area contributed by atoms with Gasteiger partial charge in [0.05, 0.1) is 14.2 Å². The second-order valence-corrected chi connectivity index (χ2v) is 5.23. The average molecular weight is 352 g/mol. The molecule has 5 nitrogen and oxygen atoms in total. The Morgan fingerprint density at radius 1 is 1.00 bits per heavy atom. The van der Waals surface area contributed by atoms with Crippen LogP contribution in [-0.2, 0) is 0 Å². The maximum Gasteiger partial charge on any atom is 0.126 e. The van der Waals surface area contributed by atoms with Crippen molar-refractivity contribution in [2.45, 2.75) is 0 Å². The van der Waals surface area contributed by atoms with E-state index in [2.05, 4.69) is 31.5 Å². The summed E-state index contributed by atoms with van der Waals surface area (Å²) >= 11 is 3.36. The predicted octanol–water partition coefficient (Wildman–Crippen LogP) is 3.39. The van der Waals surface area contributed by atoms with Gasteiger partial charge in [-0.3, -0.25) is 0 Å². The molecule has 0 amide bonds. The summed E-state index contributed by atoms with van der Waals surface area (Å²) in [6, 6.07) is 9.59. The van der Waals surface area contributed by atoms with Gasteiger partial charge < -0.3 is 20.1 Å². The molecule has 0 unspecified atom stereocenters. The van der Waals surface area contributed by atoms with Crippen molar-refractivity contribution in [3.8, 4) is 11.5 Å². The Balaban J connectivity index is 1.84. The van der Waals surface area contributed by atoms with Gasteiger partial charge >= 0.3 is 0 Å². The molecule has 6 heteroatoms. The van der Waals surface area contributed by atoms with Crippen molar-refractivity contribution in [3.63, 3.8) is 0 Å². The zero-order valence-corrected chi connectivity index (χ0v) is 13.6. The lowest BCUT2D eigenvalue weighted by atomic mass is 10.2. The number of ether oxygens (including phenoxy) is 2. The Bertz CT molecular complexity index is 553. The van der Waals surface area contributed by atoms with Gasteiger partial charge in [-0.15, -0.1) is 0 Å². The summed E-state index contributed by atoms with van der Waals surface area (Å²) in [6.07, 6.45) is 1.77. The standard InChI is InChI=1S/C15H18BrN3O2/c1-20-13-7-12(8-14(9-13)21-2)17-5-6-18-15-4-3-11(16)10-19-15/h3-4,7-10,17H,5-6H2,1-2H3,(H,18,19). The minimum atomic E-state index is 0.758. The number of pyridine rings is 1. The predicted molar refractivity (Wildman–Crippen MR) is 88.5 cm³/mol. The van der Waals surface area contributed by atoms with E-state index in [1.165, 1.54) is 0 Å². The first kappa shape index (κ1) is 15.4. The Kier molecular flexibility index (Phi) is 5.68. The molecule has 1 aromatic carbocycles. The molecule has 1 aromatic heterocycles. The lowest BCUT2D eigenvalue weighted by molar-refractivity contribution is 0.394. The third-order valence-corrected chi connectivity index (χ3v) is 3.31. The van der Waals surface area contributed by atoms with E-state index >= 15 is 0 Å². The van der Waals surface area contributed by atoms with Crippen LogP contribution in [0.5, 0.6) is 11.5 Å². The zero-order valence-electron chi connectivity index (χ0n) is 12.0. The number of methoxy groups -OCH3 is 2. The number of anilines is 2. The Labute approximate surface area is 132 Å². The van der Waals surface area contributed by atoms with Gasteiger partial charge in [0.2, 0.25) is 0 Å². The van der Waals surface area contributed by atoms with Crippen LogP contribution in [-0.4, -0.2) is 32.3 Å². The zero-order chi connectivity index (χ0) is 15.1. The van der Waals surface area contributed by atoms with Crippen molar-refractivity contribution in [1.29, 1.82) is 0 Å². The Hall–Kier alpha value is -1.95. The third kappa shape index (κ3) is 4.82. The van der Waals surface area contributed by atoms with Gasteiger partial charge in [-0.05, 0) is 28.1 Å². The van der Waals surface area contributed by atoms with E-state index in [9.17, 15) is 0 Å². The molecule has 1 heterocycles. The van der Waals surface area contributed by atoms with Crippen molar-refractivity contribution in [1.82, 2.24) is 4.98 Å². The molecule has 2 aromatic rings. The second kappa shape index (κ2) is 7.73. The number of benzene rings is 1. The highest BCUT2D eigenvalue weighted by Gasteiger charge is 2.01. The molecule has 2 rings (SSSR count). The number of hydrogen-bond donors (Lipinski definition) is 2. The van der Waals surface area contributed by atoms with Crippen LogP contribution in [0, 0.1) is 0 Å². The molecule has 0 aliphatic carbocycles. The quantitative estimate of drug-likeness (QED) is 0.749. The summed E-state index contributed by atoms with van der Waals surface area (Å²) in [5, 5.41) is 6.56. The highest BCUT2D eigenvalue weighted by molar-refractivity contribution is 9.10. The molecular weight excluding hydrogens is 334 g/mol. The van der Waals surface area contributed by atoms with Gasteiger partial charge in [0.25, 0.3) is 0 Å². The minimum absolute atomic E-state index is 0.758. The molecule has 112 valence electrons. The fourth-order valence-electron chi connectivity index (χ4n) is 1.79. The lowest BCUT2D eigenvalue weighted by Crippen LogP contribution is -2.14. The highest BCUT2D eigenvalue weighted by Crippen LogP contribution is 2.25. The number of halogens is 1. The van der Waals surface area contributed by atoms with Crippen molar-refractivity contribution in [2.75, 3.05) is 37.9 Å². The van der Waals surface area contributed by atoms with Crippen LogP contribution in [0.3, 0.4) is 0 Å². The van der Waals surface area contributed by atoms with E-state index < -0.39 is 0 Å². The fraction of sp³-hybridized carbons (Fsp3) is 0.267. The summed E-state index contributed by atoms with van der Waals surface area (Å²) in [4.78, 5) is 4.25. The van der Waals surface area contributed by atoms with E-state index in [1.54, 1.807) is 20.4 Å². The first-order valence-corrected chi connectivity index (χ1v) is 7.33. The van der Waals surface area contributed by atoms with Crippen molar-refractivity contribution in [2.24, 2.45) is 0 Å². The first-order chi connectivity index (χ1) is 10.2. The summed E-state index contributed by atoms with van der Waals surface area (Å²) in [6.45, 7) is 1.52. The number of nitrogens with zero attached hydrogens (tertiary/aromatic N) is 1. The number of nitrogens with one attached hydrogen (secondary N) is 2. The van der Waals surface area contributed by atoms with E-state index in [4.69, 9.17) is 9.47 Å². The summed E-state index contributed by atoms with van der Waals surface area (Å²) in [5.41, 5.74) is 0.955. The number of aromatic nitrogens is 1. The minimum Gasteiger partial charge on any atom is -0.497 e. The lowest BCUT2D eigenvalue weighted by Gasteiger charge is -2.11. The van der Waals surface area contributed by atoms with Gasteiger partial charge in [0.1, 0.15) is 17.3 Å². The number of hydrogen-bond acceptors (Lipinski definition) is 5. The van der Waals surface area contributed by atoms with Crippen molar-refractivity contribution in [3.05, 3.63) is 41.0 Å². The third-order valence-electron chi connectivity index (χ3n) is 2.84. The molecule has 21 heavy (non-hydrogen) atoms. The van der Waals surface area contributed by atoms with Gasteiger partial charge in [-0.2, -0.15) is 0 Å². The molecule has 0 atom stereocenters. The largest absolute Gasteiger partial charge is 0.497 e. The van der Waals surface area contributed by atoms with Gasteiger partial charge in [-0.1, -0.05) is 0 Å². The molecular formula is C15H18BrN3O2. The topological polar surface area (TPSA) is 55.4 Å². The van der Waals surface area contributed by atoms with Gasteiger partial charge in [0, 0.05) is 47.6 Å². The molecule has 0 aliphatic rings. The normalized spacial score (nSPS) is 10.0. The summed E-state index contributed by atoms with van der Waals surface area (Å²) in [7, 11) is 3.28. The number of rotatable bonds is 7. The summed E-state index contributed by atoms with van der Waals surface area (Å²) < 4.78 is 11.4.